The average molecular weight is 284 g/mol. The van der Waals surface area contributed by atoms with Crippen molar-refractivity contribution in [2.75, 3.05) is 7.11 Å². The molecule has 0 unspecified atom stereocenters. The SMILES string of the molecule is COc1ccc(-c2cc(=O)c3ccccc3o2)c(O)c1O. The Labute approximate surface area is 119 Å². The Morgan fingerprint density at radius 3 is 2.57 bits per heavy atom. The van der Waals surface area contributed by atoms with E-state index in [9.17, 15) is 15.0 Å². The maximum Gasteiger partial charge on any atom is 0.201 e. The van der Waals surface area contributed by atoms with Crippen molar-refractivity contribution in [2.45, 2.75) is 0 Å². The van der Waals surface area contributed by atoms with E-state index in [0.29, 0.717) is 11.0 Å². The highest BCUT2D eigenvalue weighted by Crippen LogP contribution is 2.42. The summed E-state index contributed by atoms with van der Waals surface area (Å²) in [5.74, 6) is -0.480. The molecule has 106 valence electrons. The second-order valence-corrected chi connectivity index (χ2v) is 4.48. The molecule has 5 nitrogen and oxygen atoms in total. The summed E-state index contributed by atoms with van der Waals surface area (Å²) >= 11 is 0. The Balaban J connectivity index is 2.26. The van der Waals surface area contributed by atoms with Gasteiger partial charge in [0, 0.05) is 6.07 Å². The number of methoxy groups -OCH3 is 1. The quantitative estimate of drug-likeness (QED) is 0.707. The second kappa shape index (κ2) is 4.86. The minimum Gasteiger partial charge on any atom is -0.504 e. The van der Waals surface area contributed by atoms with Crippen LogP contribution in [0.3, 0.4) is 0 Å². The normalized spacial score (nSPS) is 10.7. The van der Waals surface area contributed by atoms with Gasteiger partial charge in [-0.3, -0.25) is 4.79 Å². The summed E-state index contributed by atoms with van der Waals surface area (Å²) in [6.45, 7) is 0. The van der Waals surface area contributed by atoms with Gasteiger partial charge in [0.2, 0.25) is 5.75 Å². The second-order valence-electron chi connectivity index (χ2n) is 4.48. The summed E-state index contributed by atoms with van der Waals surface area (Å²) < 4.78 is 10.5. The highest BCUT2D eigenvalue weighted by molar-refractivity contribution is 5.80. The standard InChI is InChI=1S/C16H12O5/c1-20-13-7-6-10(15(18)16(13)19)14-8-11(17)9-4-2-3-5-12(9)21-14/h2-8,18-19H,1H3. The Bertz CT molecular complexity index is 879. The van der Waals surface area contributed by atoms with Crippen LogP contribution < -0.4 is 10.2 Å². The molecule has 5 heteroatoms. The van der Waals surface area contributed by atoms with Crippen molar-refractivity contribution in [3.8, 4) is 28.6 Å². The van der Waals surface area contributed by atoms with Gasteiger partial charge in [-0.2, -0.15) is 0 Å². The Morgan fingerprint density at radius 1 is 1.05 bits per heavy atom. The first-order valence-electron chi connectivity index (χ1n) is 6.24. The van der Waals surface area contributed by atoms with Crippen molar-refractivity contribution in [1.82, 2.24) is 0 Å². The lowest BCUT2D eigenvalue weighted by Crippen LogP contribution is -2.00. The molecule has 0 aliphatic rings. The zero-order valence-corrected chi connectivity index (χ0v) is 11.2. The zero-order chi connectivity index (χ0) is 15.0. The van der Waals surface area contributed by atoms with Gasteiger partial charge in [-0.05, 0) is 24.3 Å². The van der Waals surface area contributed by atoms with Crippen LogP contribution >= 0.6 is 0 Å². The first-order valence-corrected chi connectivity index (χ1v) is 6.24. The van der Waals surface area contributed by atoms with Crippen molar-refractivity contribution in [3.05, 3.63) is 52.7 Å². The number of ether oxygens (including phenoxy) is 1. The monoisotopic (exact) mass is 284 g/mol. The molecule has 0 aliphatic heterocycles. The van der Waals surface area contributed by atoms with Crippen LogP contribution in [0.25, 0.3) is 22.3 Å². The Hall–Kier alpha value is -2.95. The molecule has 0 spiro atoms. The molecule has 3 aromatic rings. The van der Waals surface area contributed by atoms with E-state index in [1.165, 1.54) is 25.3 Å². The smallest absolute Gasteiger partial charge is 0.201 e. The van der Waals surface area contributed by atoms with E-state index in [0.717, 1.165) is 0 Å². The summed E-state index contributed by atoms with van der Waals surface area (Å²) in [7, 11) is 1.38. The number of phenols is 2. The predicted molar refractivity (Wildman–Crippen MR) is 77.8 cm³/mol. The van der Waals surface area contributed by atoms with Gasteiger partial charge in [-0.1, -0.05) is 12.1 Å². The van der Waals surface area contributed by atoms with E-state index in [1.807, 2.05) is 0 Å². The van der Waals surface area contributed by atoms with Crippen molar-refractivity contribution >= 4 is 11.0 Å². The number of hydrogen-bond acceptors (Lipinski definition) is 5. The van der Waals surface area contributed by atoms with Gasteiger partial charge in [0.15, 0.2) is 16.9 Å². The van der Waals surface area contributed by atoms with E-state index >= 15 is 0 Å². The summed E-state index contributed by atoms with van der Waals surface area (Å²) in [5, 5.41) is 20.3. The third kappa shape index (κ3) is 2.08. The van der Waals surface area contributed by atoms with Crippen LogP contribution in [0.4, 0.5) is 0 Å². The number of phenolic OH excluding ortho intramolecular Hbond substituents is 2. The number of benzene rings is 2. The maximum atomic E-state index is 12.1. The molecule has 0 bridgehead atoms. The minimum absolute atomic E-state index is 0.138. The third-order valence-electron chi connectivity index (χ3n) is 3.23. The predicted octanol–water partition coefficient (Wildman–Crippen LogP) is 2.88. The van der Waals surface area contributed by atoms with Crippen LogP contribution in [0, 0.1) is 0 Å². The van der Waals surface area contributed by atoms with Crippen molar-refractivity contribution < 1.29 is 19.4 Å². The van der Waals surface area contributed by atoms with E-state index in [-0.39, 0.29) is 22.5 Å². The lowest BCUT2D eigenvalue weighted by atomic mass is 10.1. The molecule has 0 radical (unpaired) electrons. The van der Waals surface area contributed by atoms with E-state index in [4.69, 9.17) is 9.15 Å². The topological polar surface area (TPSA) is 79.9 Å². The van der Waals surface area contributed by atoms with Crippen molar-refractivity contribution in [3.63, 3.8) is 0 Å². The number of aromatic hydroxyl groups is 2. The fourth-order valence-electron chi connectivity index (χ4n) is 2.16. The van der Waals surface area contributed by atoms with Crippen molar-refractivity contribution in [1.29, 1.82) is 0 Å². The Kier molecular flexibility index (Phi) is 3.02. The molecule has 0 saturated carbocycles. The van der Waals surface area contributed by atoms with E-state index in [2.05, 4.69) is 0 Å². The molecule has 1 heterocycles. The first-order chi connectivity index (χ1) is 10.1. The van der Waals surface area contributed by atoms with Gasteiger partial charge >= 0.3 is 0 Å². The molecule has 21 heavy (non-hydrogen) atoms. The average Bonchev–Trinajstić information content (AvgIpc) is 2.50. The van der Waals surface area contributed by atoms with Gasteiger partial charge in [0.25, 0.3) is 0 Å². The third-order valence-corrected chi connectivity index (χ3v) is 3.23. The molecule has 0 saturated heterocycles. The number of fused-ring (bicyclic) bond motifs is 1. The van der Waals surface area contributed by atoms with Gasteiger partial charge in [-0.25, -0.2) is 0 Å². The molecule has 0 fully saturated rings. The summed E-state index contributed by atoms with van der Waals surface area (Å²) in [6.07, 6.45) is 0. The molecule has 2 N–H and O–H groups in total. The summed E-state index contributed by atoms with van der Waals surface area (Å²) in [5.41, 5.74) is 0.410. The highest BCUT2D eigenvalue weighted by atomic mass is 16.5. The van der Waals surface area contributed by atoms with E-state index in [1.54, 1.807) is 24.3 Å². The largest absolute Gasteiger partial charge is 0.504 e. The van der Waals surface area contributed by atoms with Crippen LogP contribution in [0.5, 0.6) is 17.2 Å². The van der Waals surface area contributed by atoms with Crippen LogP contribution in [0.2, 0.25) is 0 Å². The van der Waals surface area contributed by atoms with Gasteiger partial charge in [0.1, 0.15) is 11.3 Å². The number of hydrogen-bond donors (Lipinski definition) is 2. The highest BCUT2D eigenvalue weighted by Gasteiger charge is 2.16. The molecular weight excluding hydrogens is 272 g/mol. The minimum atomic E-state index is -0.397. The van der Waals surface area contributed by atoms with Crippen molar-refractivity contribution in [2.24, 2.45) is 0 Å². The first kappa shape index (κ1) is 13.1. The lowest BCUT2D eigenvalue weighted by Gasteiger charge is -2.09. The van der Waals surface area contributed by atoms with Crippen LogP contribution in [0.1, 0.15) is 0 Å². The molecule has 0 atom stereocenters. The van der Waals surface area contributed by atoms with E-state index < -0.39 is 11.5 Å². The van der Waals surface area contributed by atoms with Gasteiger partial charge in [-0.15, -0.1) is 0 Å². The molecule has 3 rings (SSSR count). The number of rotatable bonds is 2. The van der Waals surface area contributed by atoms with Crippen LogP contribution in [-0.2, 0) is 0 Å². The van der Waals surface area contributed by atoms with Gasteiger partial charge in [0.05, 0.1) is 18.1 Å². The molecule has 0 amide bonds. The lowest BCUT2D eigenvalue weighted by molar-refractivity contribution is 0.351. The molecule has 1 aromatic heterocycles. The Morgan fingerprint density at radius 2 is 1.81 bits per heavy atom. The fourth-order valence-corrected chi connectivity index (χ4v) is 2.16. The molecular formula is C16H12O5. The fraction of sp³-hybridized carbons (Fsp3) is 0.0625. The van der Waals surface area contributed by atoms with Crippen LogP contribution in [0.15, 0.2) is 51.7 Å². The molecule has 2 aromatic carbocycles. The van der Waals surface area contributed by atoms with Gasteiger partial charge < -0.3 is 19.4 Å². The zero-order valence-electron chi connectivity index (χ0n) is 11.2. The molecule has 0 aliphatic carbocycles. The maximum absolute atomic E-state index is 12.1. The summed E-state index contributed by atoms with van der Waals surface area (Å²) in [4.78, 5) is 12.1. The van der Waals surface area contributed by atoms with Crippen LogP contribution in [-0.4, -0.2) is 17.3 Å². The summed E-state index contributed by atoms with van der Waals surface area (Å²) in [6, 6.07) is 11.1. The number of para-hydroxylation sites is 1.